The van der Waals surface area contributed by atoms with Crippen LogP contribution in [0.25, 0.3) is 17.0 Å². The summed E-state index contributed by atoms with van der Waals surface area (Å²) in [4.78, 5) is 24.9. The Labute approximate surface area is 154 Å². The summed E-state index contributed by atoms with van der Waals surface area (Å²) in [5.41, 5.74) is 2.61. The molecule has 130 valence electrons. The topological polar surface area (TPSA) is 75.9 Å². The van der Waals surface area contributed by atoms with Crippen LogP contribution in [0.4, 0.5) is 0 Å². The lowest BCUT2D eigenvalue weighted by Gasteiger charge is -2.07. The van der Waals surface area contributed by atoms with Crippen molar-refractivity contribution in [3.63, 3.8) is 0 Å². The van der Waals surface area contributed by atoms with Crippen molar-refractivity contribution in [1.29, 1.82) is 0 Å². The third-order valence-corrected chi connectivity index (χ3v) is 4.97. The number of nitrogens with one attached hydrogen (secondary N) is 1. The van der Waals surface area contributed by atoms with E-state index < -0.39 is 0 Å². The average Bonchev–Trinajstić information content (AvgIpc) is 3.07. The lowest BCUT2D eigenvalue weighted by molar-refractivity contribution is 0.765. The molecule has 0 aliphatic heterocycles. The second-order valence-corrected chi connectivity index (χ2v) is 6.88. The molecule has 0 fully saturated rings. The number of H-pyrrole nitrogens is 1. The normalized spacial score (nSPS) is 11.1. The number of rotatable bonds is 6. The number of aryl methyl sites for hydroxylation is 1. The van der Waals surface area contributed by atoms with Crippen molar-refractivity contribution in [2.24, 2.45) is 0 Å². The number of hydrogen-bond donors (Lipinski definition) is 1. The van der Waals surface area contributed by atoms with Crippen molar-refractivity contribution < 1.29 is 0 Å². The minimum Gasteiger partial charge on any atom is -0.268 e. The average molecular weight is 363 g/mol. The molecule has 0 saturated heterocycles. The first-order valence-corrected chi connectivity index (χ1v) is 9.35. The van der Waals surface area contributed by atoms with Crippen LogP contribution >= 0.6 is 11.8 Å². The van der Waals surface area contributed by atoms with E-state index in [9.17, 15) is 4.79 Å². The van der Waals surface area contributed by atoms with E-state index in [1.807, 2.05) is 54.9 Å². The van der Waals surface area contributed by atoms with Gasteiger partial charge >= 0.3 is 0 Å². The molecule has 1 aromatic carbocycles. The Morgan fingerprint density at radius 3 is 2.65 bits per heavy atom. The molecule has 3 aromatic heterocycles. The first-order chi connectivity index (χ1) is 12.8. The lowest BCUT2D eigenvalue weighted by atomic mass is 10.2. The fourth-order valence-electron chi connectivity index (χ4n) is 2.69. The molecular formula is C19H17N5OS. The minimum absolute atomic E-state index is 0.178. The second-order valence-electron chi connectivity index (χ2n) is 5.82. The van der Waals surface area contributed by atoms with Gasteiger partial charge < -0.3 is 0 Å². The number of aromatic nitrogens is 5. The van der Waals surface area contributed by atoms with E-state index in [4.69, 9.17) is 0 Å². The smallest absolute Gasteiger partial charge is 0.266 e. The Bertz CT molecular complexity index is 1060. The van der Waals surface area contributed by atoms with E-state index in [0.717, 1.165) is 29.3 Å². The standard InChI is InChI=1S/C19H17N5OS/c25-17-13-16-21-18(15-6-2-1-3-7-15)22-19(24(16)23-17)26-12-4-5-14-8-10-20-11-9-14/h1-3,6-11,13H,4-5,12H2,(H,23,25). The molecular weight excluding hydrogens is 346 g/mol. The van der Waals surface area contributed by atoms with Crippen LogP contribution in [0.5, 0.6) is 0 Å². The number of thioether (sulfide) groups is 1. The van der Waals surface area contributed by atoms with Crippen LogP contribution in [0.2, 0.25) is 0 Å². The summed E-state index contributed by atoms with van der Waals surface area (Å²) in [6, 6.07) is 15.4. The monoisotopic (exact) mass is 363 g/mol. The van der Waals surface area contributed by atoms with Crippen LogP contribution in [0.1, 0.15) is 12.0 Å². The number of nitrogens with zero attached hydrogens (tertiary/aromatic N) is 4. The van der Waals surface area contributed by atoms with Crippen molar-refractivity contribution in [3.8, 4) is 11.4 Å². The van der Waals surface area contributed by atoms with E-state index in [1.165, 1.54) is 11.6 Å². The minimum atomic E-state index is -0.178. The van der Waals surface area contributed by atoms with Gasteiger partial charge in [-0.1, -0.05) is 42.1 Å². The Kier molecular flexibility index (Phi) is 4.79. The summed E-state index contributed by atoms with van der Waals surface area (Å²) >= 11 is 1.62. The van der Waals surface area contributed by atoms with E-state index in [0.29, 0.717) is 11.5 Å². The maximum atomic E-state index is 11.7. The highest BCUT2D eigenvalue weighted by Crippen LogP contribution is 2.22. The predicted molar refractivity (Wildman–Crippen MR) is 102 cm³/mol. The number of aromatic amines is 1. The molecule has 0 aliphatic carbocycles. The molecule has 0 spiro atoms. The van der Waals surface area contributed by atoms with Gasteiger partial charge in [0.2, 0.25) is 0 Å². The molecule has 0 aliphatic rings. The van der Waals surface area contributed by atoms with Crippen molar-refractivity contribution in [3.05, 3.63) is 76.8 Å². The quantitative estimate of drug-likeness (QED) is 0.420. The molecule has 6 nitrogen and oxygen atoms in total. The van der Waals surface area contributed by atoms with Gasteiger partial charge in [0.15, 0.2) is 16.6 Å². The molecule has 4 rings (SSSR count). The highest BCUT2D eigenvalue weighted by Gasteiger charge is 2.11. The maximum Gasteiger partial charge on any atom is 0.266 e. The van der Waals surface area contributed by atoms with Gasteiger partial charge in [0.25, 0.3) is 5.56 Å². The van der Waals surface area contributed by atoms with Crippen LogP contribution in [0.3, 0.4) is 0 Å². The van der Waals surface area contributed by atoms with Gasteiger partial charge in [-0.25, -0.2) is 14.5 Å². The Morgan fingerprint density at radius 1 is 1.04 bits per heavy atom. The van der Waals surface area contributed by atoms with Crippen LogP contribution in [0.15, 0.2) is 70.9 Å². The van der Waals surface area contributed by atoms with E-state index in [2.05, 4.69) is 20.1 Å². The van der Waals surface area contributed by atoms with Crippen LogP contribution in [0, 0.1) is 0 Å². The fraction of sp³-hybridized carbons (Fsp3) is 0.158. The third-order valence-electron chi connectivity index (χ3n) is 3.95. The summed E-state index contributed by atoms with van der Waals surface area (Å²) in [7, 11) is 0. The van der Waals surface area contributed by atoms with Crippen LogP contribution in [-0.2, 0) is 6.42 Å². The second kappa shape index (κ2) is 7.53. The Hall–Kier alpha value is -2.93. The number of fused-ring (bicyclic) bond motifs is 1. The molecule has 0 unspecified atom stereocenters. The maximum absolute atomic E-state index is 11.7. The molecule has 1 N–H and O–H groups in total. The molecule has 0 bridgehead atoms. The third kappa shape index (κ3) is 3.67. The van der Waals surface area contributed by atoms with Crippen molar-refractivity contribution >= 4 is 17.4 Å². The molecule has 0 atom stereocenters. The van der Waals surface area contributed by atoms with E-state index >= 15 is 0 Å². The highest BCUT2D eigenvalue weighted by atomic mass is 32.2. The molecule has 0 saturated carbocycles. The number of hydrogen-bond acceptors (Lipinski definition) is 5. The predicted octanol–water partition coefficient (Wildman–Crippen LogP) is 3.20. The van der Waals surface area contributed by atoms with Crippen LogP contribution < -0.4 is 5.56 Å². The zero-order valence-electron chi connectivity index (χ0n) is 14.0. The lowest BCUT2D eigenvalue weighted by Crippen LogP contribution is -2.05. The summed E-state index contributed by atoms with van der Waals surface area (Å²) < 4.78 is 1.66. The van der Waals surface area contributed by atoms with E-state index in [-0.39, 0.29) is 5.56 Å². The first kappa shape index (κ1) is 16.5. The number of pyridine rings is 1. The van der Waals surface area contributed by atoms with Gasteiger partial charge in [0.1, 0.15) is 0 Å². The van der Waals surface area contributed by atoms with Gasteiger partial charge in [0.05, 0.1) is 0 Å². The van der Waals surface area contributed by atoms with Gasteiger partial charge in [0, 0.05) is 29.8 Å². The first-order valence-electron chi connectivity index (χ1n) is 8.36. The van der Waals surface area contributed by atoms with Crippen molar-refractivity contribution in [2.75, 3.05) is 5.75 Å². The van der Waals surface area contributed by atoms with Gasteiger partial charge in [-0.05, 0) is 30.5 Å². The van der Waals surface area contributed by atoms with Crippen molar-refractivity contribution in [1.82, 2.24) is 24.6 Å². The number of benzene rings is 1. The van der Waals surface area contributed by atoms with E-state index in [1.54, 1.807) is 16.3 Å². The molecule has 0 radical (unpaired) electrons. The largest absolute Gasteiger partial charge is 0.268 e. The SMILES string of the molecule is O=c1cc2nc(-c3ccccc3)nc(SCCCc3ccncc3)n2[nH]1. The van der Waals surface area contributed by atoms with Crippen LogP contribution in [-0.4, -0.2) is 30.3 Å². The molecule has 3 heterocycles. The summed E-state index contributed by atoms with van der Waals surface area (Å²) in [6.45, 7) is 0. The zero-order valence-corrected chi connectivity index (χ0v) is 14.8. The summed E-state index contributed by atoms with van der Waals surface area (Å²) in [5, 5.41) is 3.51. The van der Waals surface area contributed by atoms with Crippen molar-refractivity contribution in [2.45, 2.75) is 18.0 Å². The van der Waals surface area contributed by atoms with Gasteiger partial charge in [-0.3, -0.25) is 14.9 Å². The highest BCUT2D eigenvalue weighted by molar-refractivity contribution is 7.99. The fourth-order valence-corrected chi connectivity index (χ4v) is 3.58. The molecule has 26 heavy (non-hydrogen) atoms. The summed E-state index contributed by atoms with van der Waals surface area (Å²) in [6.07, 6.45) is 5.62. The zero-order chi connectivity index (χ0) is 17.8. The molecule has 0 amide bonds. The van der Waals surface area contributed by atoms with Gasteiger partial charge in [-0.2, -0.15) is 0 Å². The Morgan fingerprint density at radius 2 is 1.85 bits per heavy atom. The van der Waals surface area contributed by atoms with Gasteiger partial charge in [-0.15, -0.1) is 0 Å². The Balaban J connectivity index is 1.56. The summed E-state index contributed by atoms with van der Waals surface area (Å²) in [5.74, 6) is 1.52. The molecule has 4 aromatic rings. The molecule has 7 heteroatoms.